The molecule has 1 N–H and O–H groups in total. The van der Waals surface area contributed by atoms with Crippen LogP contribution < -0.4 is 5.32 Å². The van der Waals surface area contributed by atoms with E-state index in [9.17, 15) is 4.39 Å². The van der Waals surface area contributed by atoms with Crippen LogP contribution in [0.2, 0.25) is 0 Å². The van der Waals surface area contributed by atoms with Crippen molar-refractivity contribution in [3.8, 4) is 0 Å². The van der Waals surface area contributed by atoms with E-state index in [-0.39, 0.29) is 5.82 Å². The van der Waals surface area contributed by atoms with Gasteiger partial charge in [0.25, 0.3) is 0 Å². The van der Waals surface area contributed by atoms with Crippen LogP contribution >= 0.6 is 15.9 Å². The molecule has 1 unspecified atom stereocenters. The third-order valence-electron chi connectivity index (χ3n) is 3.38. The Bertz CT molecular complexity index is 391. The van der Waals surface area contributed by atoms with E-state index >= 15 is 0 Å². The average molecular weight is 315 g/mol. The number of nitrogens with one attached hydrogen (secondary N) is 1. The van der Waals surface area contributed by atoms with Crippen molar-refractivity contribution in [2.45, 2.75) is 32.4 Å². The Kier molecular flexibility index (Phi) is 5.15. The summed E-state index contributed by atoms with van der Waals surface area (Å²) in [7, 11) is 0. The van der Waals surface area contributed by atoms with Gasteiger partial charge in [-0.3, -0.25) is 0 Å². The Labute approximate surface area is 117 Å². The van der Waals surface area contributed by atoms with Gasteiger partial charge in [0.05, 0.1) is 0 Å². The smallest absolute Gasteiger partial charge is 0.127 e. The number of nitrogens with zero attached hydrogens (tertiary/aromatic N) is 1. The van der Waals surface area contributed by atoms with Crippen molar-refractivity contribution in [2.75, 3.05) is 19.6 Å². The van der Waals surface area contributed by atoms with Crippen molar-refractivity contribution in [3.05, 3.63) is 34.1 Å². The van der Waals surface area contributed by atoms with Crippen LogP contribution in [0.5, 0.6) is 0 Å². The van der Waals surface area contributed by atoms with Gasteiger partial charge in [-0.25, -0.2) is 4.39 Å². The summed E-state index contributed by atoms with van der Waals surface area (Å²) in [5.41, 5.74) is 0.720. The quantitative estimate of drug-likeness (QED) is 0.898. The van der Waals surface area contributed by atoms with Gasteiger partial charge in [0.2, 0.25) is 0 Å². The van der Waals surface area contributed by atoms with Crippen LogP contribution in [0.4, 0.5) is 4.39 Å². The summed E-state index contributed by atoms with van der Waals surface area (Å²) in [6.07, 6.45) is 2.62. The normalized spacial score (nSPS) is 18.2. The van der Waals surface area contributed by atoms with Gasteiger partial charge in [0.15, 0.2) is 0 Å². The van der Waals surface area contributed by atoms with Gasteiger partial charge in [-0.15, -0.1) is 0 Å². The summed E-state index contributed by atoms with van der Waals surface area (Å²) in [4.78, 5) is 2.47. The summed E-state index contributed by atoms with van der Waals surface area (Å²) in [6.45, 7) is 6.21. The highest BCUT2D eigenvalue weighted by molar-refractivity contribution is 9.10. The molecule has 1 fully saturated rings. The Balaban J connectivity index is 1.81. The van der Waals surface area contributed by atoms with Crippen LogP contribution in [-0.2, 0) is 6.54 Å². The predicted octanol–water partition coefficient (Wildman–Crippen LogP) is 3.16. The van der Waals surface area contributed by atoms with Gasteiger partial charge in [0, 0.05) is 29.2 Å². The third-order valence-corrected chi connectivity index (χ3v) is 3.87. The van der Waals surface area contributed by atoms with Gasteiger partial charge in [0.1, 0.15) is 5.82 Å². The molecule has 4 heteroatoms. The van der Waals surface area contributed by atoms with E-state index in [2.05, 4.69) is 33.1 Å². The van der Waals surface area contributed by atoms with Crippen molar-refractivity contribution in [1.82, 2.24) is 10.2 Å². The molecule has 1 saturated heterocycles. The van der Waals surface area contributed by atoms with Crippen molar-refractivity contribution in [2.24, 2.45) is 0 Å². The molecule has 0 aromatic heterocycles. The zero-order valence-corrected chi connectivity index (χ0v) is 12.3. The number of hydrogen-bond acceptors (Lipinski definition) is 2. The van der Waals surface area contributed by atoms with Crippen molar-refractivity contribution < 1.29 is 4.39 Å². The molecular weight excluding hydrogens is 295 g/mol. The van der Waals surface area contributed by atoms with E-state index in [1.54, 1.807) is 6.07 Å². The van der Waals surface area contributed by atoms with Crippen LogP contribution in [0.25, 0.3) is 0 Å². The maximum absolute atomic E-state index is 13.6. The Morgan fingerprint density at radius 2 is 2.11 bits per heavy atom. The first-order valence-corrected chi connectivity index (χ1v) is 7.34. The predicted molar refractivity (Wildman–Crippen MR) is 76.1 cm³/mol. The van der Waals surface area contributed by atoms with Crippen molar-refractivity contribution in [3.63, 3.8) is 0 Å². The molecule has 1 heterocycles. The summed E-state index contributed by atoms with van der Waals surface area (Å²) < 4.78 is 14.5. The van der Waals surface area contributed by atoms with Crippen LogP contribution in [0.3, 0.4) is 0 Å². The average Bonchev–Trinajstić information content (AvgIpc) is 2.83. The van der Waals surface area contributed by atoms with E-state index in [0.717, 1.165) is 16.6 Å². The molecule has 1 aromatic carbocycles. The largest absolute Gasteiger partial charge is 0.309 e. The monoisotopic (exact) mass is 314 g/mol. The number of halogens is 2. The molecule has 2 nitrogen and oxygen atoms in total. The second-order valence-corrected chi connectivity index (χ2v) is 5.94. The molecular formula is C14H20BrFN2. The molecule has 0 amide bonds. The molecule has 0 spiro atoms. The highest BCUT2D eigenvalue weighted by atomic mass is 79.9. The second kappa shape index (κ2) is 6.64. The SMILES string of the molecule is CC(CN1CCCC1)NCc1cc(Br)ccc1F. The van der Waals surface area contributed by atoms with Crippen molar-refractivity contribution >= 4 is 15.9 Å². The first-order valence-electron chi connectivity index (χ1n) is 6.55. The zero-order valence-electron chi connectivity index (χ0n) is 10.8. The maximum Gasteiger partial charge on any atom is 0.127 e. The highest BCUT2D eigenvalue weighted by Gasteiger charge is 2.14. The molecule has 1 aromatic rings. The minimum Gasteiger partial charge on any atom is -0.309 e. The number of likely N-dealkylation sites (tertiary alicyclic amines) is 1. The summed E-state index contributed by atoms with van der Waals surface area (Å²) in [6, 6.07) is 5.46. The van der Waals surface area contributed by atoms with Crippen LogP contribution in [0, 0.1) is 5.82 Å². The zero-order chi connectivity index (χ0) is 13.0. The number of hydrogen-bond donors (Lipinski definition) is 1. The lowest BCUT2D eigenvalue weighted by Crippen LogP contribution is -2.37. The first-order chi connectivity index (χ1) is 8.65. The summed E-state index contributed by atoms with van der Waals surface area (Å²) >= 11 is 3.37. The third kappa shape index (κ3) is 4.04. The lowest BCUT2D eigenvalue weighted by atomic mass is 10.2. The van der Waals surface area contributed by atoms with Gasteiger partial charge < -0.3 is 10.2 Å². The van der Waals surface area contributed by atoms with Crippen LogP contribution in [0.15, 0.2) is 22.7 Å². The van der Waals surface area contributed by atoms with E-state index in [1.165, 1.54) is 32.0 Å². The summed E-state index contributed by atoms with van der Waals surface area (Å²) in [5, 5.41) is 3.39. The molecule has 0 bridgehead atoms. The molecule has 1 atom stereocenters. The minimum absolute atomic E-state index is 0.140. The van der Waals surface area contributed by atoms with E-state index in [4.69, 9.17) is 0 Å². The molecule has 18 heavy (non-hydrogen) atoms. The fourth-order valence-electron chi connectivity index (χ4n) is 2.38. The highest BCUT2D eigenvalue weighted by Crippen LogP contribution is 2.15. The second-order valence-electron chi connectivity index (χ2n) is 5.03. The fourth-order valence-corrected chi connectivity index (χ4v) is 2.79. The van der Waals surface area contributed by atoms with Crippen LogP contribution in [0.1, 0.15) is 25.3 Å². The van der Waals surface area contributed by atoms with Gasteiger partial charge in [-0.1, -0.05) is 15.9 Å². The minimum atomic E-state index is -0.140. The molecule has 1 aliphatic heterocycles. The first kappa shape index (κ1) is 14.0. The lowest BCUT2D eigenvalue weighted by molar-refractivity contribution is 0.297. The van der Waals surface area contributed by atoms with Crippen molar-refractivity contribution in [1.29, 1.82) is 0 Å². The molecule has 2 rings (SSSR count). The molecule has 0 radical (unpaired) electrons. The Hall–Kier alpha value is -0.450. The van der Waals surface area contributed by atoms with Gasteiger partial charge >= 0.3 is 0 Å². The van der Waals surface area contributed by atoms with Gasteiger partial charge in [-0.2, -0.15) is 0 Å². The van der Waals surface area contributed by atoms with Crippen LogP contribution in [-0.4, -0.2) is 30.6 Å². The lowest BCUT2D eigenvalue weighted by Gasteiger charge is -2.21. The molecule has 1 aliphatic rings. The van der Waals surface area contributed by atoms with E-state index < -0.39 is 0 Å². The molecule has 0 saturated carbocycles. The molecule has 100 valence electrons. The van der Waals surface area contributed by atoms with E-state index in [1.807, 2.05) is 6.07 Å². The maximum atomic E-state index is 13.6. The topological polar surface area (TPSA) is 15.3 Å². The van der Waals surface area contributed by atoms with Gasteiger partial charge in [-0.05, 0) is 51.1 Å². The Morgan fingerprint density at radius 1 is 1.39 bits per heavy atom. The standard InChI is InChI=1S/C14H20BrFN2/c1-11(10-18-6-2-3-7-18)17-9-12-8-13(15)4-5-14(12)16/h4-5,8,11,17H,2-3,6-7,9-10H2,1H3. The fraction of sp³-hybridized carbons (Fsp3) is 0.571. The number of benzene rings is 1. The van der Waals surface area contributed by atoms with E-state index in [0.29, 0.717) is 12.6 Å². The molecule has 0 aliphatic carbocycles. The summed E-state index contributed by atoms with van der Waals surface area (Å²) in [5.74, 6) is -0.140. The number of rotatable bonds is 5. The Morgan fingerprint density at radius 3 is 2.83 bits per heavy atom.